The first kappa shape index (κ1) is 31.2. The average molecular weight is 633 g/mol. The number of thiazole rings is 1. The Hall–Kier alpha value is -4.23. The molecule has 1 atom stereocenters. The molecular formula is C32H36N6O4S2. The summed E-state index contributed by atoms with van der Waals surface area (Å²) in [5, 5.41) is 20.5. The molecule has 6 N–H and O–H groups in total. The summed E-state index contributed by atoms with van der Waals surface area (Å²) in [6.07, 6.45) is 1.96. The Balaban J connectivity index is 1.14. The molecule has 0 fully saturated rings. The molecule has 1 amide bonds. The van der Waals surface area contributed by atoms with Gasteiger partial charge in [-0.1, -0.05) is 30.3 Å². The fourth-order valence-corrected chi connectivity index (χ4v) is 6.45. The van der Waals surface area contributed by atoms with Crippen LogP contribution in [0.25, 0.3) is 10.9 Å². The predicted molar refractivity (Wildman–Crippen MR) is 175 cm³/mol. The maximum absolute atomic E-state index is 12.7. The summed E-state index contributed by atoms with van der Waals surface area (Å²) in [5.41, 5.74) is 8.68. The quantitative estimate of drug-likeness (QED) is 0.124. The van der Waals surface area contributed by atoms with Crippen LogP contribution < -0.4 is 21.1 Å². The fraction of sp³-hybridized carbons (Fsp3) is 0.250. The Labute approximate surface area is 261 Å². The van der Waals surface area contributed by atoms with E-state index in [1.807, 2.05) is 35.8 Å². The molecule has 0 radical (unpaired) electrons. The Morgan fingerprint density at radius 2 is 1.86 bits per heavy atom. The molecule has 0 aliphatic carbocycles. The van der Waals surface area contributed by atoms with E-state index in [9.17, 15) is 18.3 Å². The Morgan fingerprint density at radius 1 is 1.07 bits per heavy atom. The first-order valence-corrected chi connectivity index (χ1v) is 16.5. The summed E-state index contributed by atoms with van der Waals surface area (Å²) < 4.78 is 30.1. The molecule has 2 aromatic heterocycles. The molecule has 5 aromatic rings. The monoisotopic (exact) mass is 632 g/mol. The van der Waals surface area contributed by atoms with E-state index in [4.69, 9.17) is 5.73 Å². The molecular weight excluding hydrogens is 597 g/mol. The van der Waals surface area contributed by atoms with Crippen molar-refractivity contribution in [2.75, 3.05) is 17.0 Å². The summed E-state index contributed by atoms with van der Waals surface area (Å²) in [4.78, 5) is 17.0. The molecule has 0 saturated heterocycles. The number of nitrogens with one attached hydrogen (secondary N) is 3. The van der Waals surface area contributed by atoms with Crippen LogP contribution in [0.15, 0.2) is 95.3 Å². The molecule has 0 spiro atoms. The number of β-amino-alcohol motifs (C(OH)–C–C–N with tert-alkyl or cyclic N) is 1. The van der Waals surface area contributed by atoms with Crippen LogP contribution in [0.1, 0.15) is 48.0 Å². The SMILES string of the molecule is CC(C)(CCn1ccc2cc(C(=O)NCc3csc(N)n3)ccc21)NC[C@H](O)c1cccc(NS(=O)(=O)c2ccccc2)c1. The predicted octanol–water partition coefficient (Wildman–Crippen LogP) is 4.90. The van der Waals surface area contributed by atoms with Gasteiger partial charge in [-0.25, -0.2) is 13.4 Å². The van der Waals surface area contributed by atoms with Gasteiger partial charge in [0.05, 0.1) is 23.2 Å². The van der Waals surface area contributed by atoms with Crippen LogP contribution in [0.3, 0.4) is 0 Å². The molecule has 12 heteroatoms. The van der Waals surface area contributed by atoms with Crippen molar-refractivity contribution < 1.29 is 18.3 Å². The number of anilines is 2. The minimum absolute atomic E-state index is 0.171. The van der Waals surface area contributed by atoms with Gasteiger partial charge in [-0.3, -0.25) is 9.52 Å². The highest BCUT2D eigenvalue weighted by molar-refractivity contribution is 7.92. The molecule has 0 saturated carbocycles. The standard InChI is InChI=1S/C32H36N6O4S2/c1-32(2,35-20-29(39)23-7-6-8-25(18-23)37-44(41,42)27-9-4-3-5-10-27)14-16-38-15-13-22-17-24(11-12-28(22)38)30(40)34-19-26-21-43-31(33)36-26/h3-13,15,17-18,21,29,35,37,39H,14,16,19-20H2,1-2H3,(H2,33,36)(H,34,40)/t29-/m0/s1. The second kappa shape index (κ2) is 13.2. The average Bonchev–Trinajstić information content (AvgIpc) is 3.63. The number of carbonyl (C=O) groups excluding carboxylic acids is 1. The second-order valence-corrected chi connectivity index (χ2v) is 13.8. The molecule has 0 aliphatic rings. The highest BCUT2D eigenvalue weighted by atomic mass is 32.2. The topological polar surface area (TPSA) is 151 Å². The van der Waals surface area contributed by atoms with Crippen molar-refractivity contribution in [3.63, 3.8) is 0 Å². The Kier molecular flexibility index (Phi) is 9.35. The zero-order valence-electron chi connectivity index (χ0n) is 24.5. The van der Waals surface area contributed by atoms with Gasteiger partial charge in [0.25, 0.3) is 15.9 Å². The van der Waals surface area contributed by atoms with Crippen LogP contribution >= 0.6 is 11.3 Å². The number of benzene rings is 3. The summed E-state index contributed by atoms with van der Waals surface area (Å²) in [6, 6.07) is 22.6. The minimum Gasteiger partial charge on any atom is -0.387 e. The molecule has 10 nitrogen and oxygen atoms in total. The normalized spacial score (nSPS) is 12.7. The van der Waals surface area contributed by atoms with E-state index >= 15 is 0 Å². The number of fused-ring (bicyclic) bond motifs is 1. The van der Waals surface area contributed by atoms with Gasteiger partial charge in [0.2, 0.25) is 0 Å². The maximum Gasteiger partial charge on any atom is 0.261 e. The Bertz CT molecular complexity index is 1850. The summed E-state index contributed by atoms with van der Waals surface area (Å²) in [6.45, 7) is 5.50. The number of aryl methyl sites for hydroxylation is 1. The van der Waals surface area contributed by atoms with Crippen LogP contribution in [0, 0.1) is 0 Å². The number of rotatable bonds is 13. The molecule has 3 aromatic carbocycles. The molecule has 0 bridgehead atoms. The number of hydrogen-bond donors (Lipinski definition) is 5. The lowest BCUT2D eigenvalue weighted by Gasteiger charge is -2.28. The van der Waals surface area contributed by atoms with Crippen molar-refractivity contribution in [2.45, 2.75) is 49.9 Å². The lowest BCUT2D eigenvalue weighted by molar-refractivity contribution is 0.0950. The lowest BCUT2D eigenvalue weighted by Crippen LogP contribution is -2.42. The van der Waals surface area contributed by atoms with Crippen molar-refractivity contribution in [2.24, 2.45) is 0 Å². The fourth-order valence-electron chi connectivity index (χ4n) is 4.82. The molecule has 44 heavy (non-hydrogen) atoms. The summed E-state index contributed by atoms with van der Waals surface area (Å²) >= 11 is 1.34. The minimum atomic E-state index is -3.73. The summed E-state index contributed by atoms with van der Waals surface area (Å²) in [7, 11) is -3.73. The number of aliphatic hydroxyl groups excluding tert-OH is 1. The number of amides is 1. The molecule has 5 rings (SSSR count). The van der Waals surface area contributed by atoms with Crippen LogP contribution in [-0.4, -0.2) is 41.1 Å². The third-order valence-corrected chi connectivity index (χ3v) is 9.48. The number of carbonyl (C=O) groups is 1. The number of nitrogens with two attached hydrogens (primary N) is 1. The number of sulfonamides is 1. The second-order valence-electron chi connectivity index (χ2n) is 11.2. The van der Waals surface area contributed by atoms with Crippen molar-refractivity contribution in [3.05, 3.63) is 107 Å². The smallest absolute Gasteiger partial charge is 0.261 e. The van der Waals surface area contributed by atoms with Gasteiger partial charge < -0.3 is 26.0 Å². The van der Waals surface area contributed by atoms with E-state index < -0.39 is 16.1 Å². The molecule has 2 heterocycles. The highest BCUT2D eigenvalue weighted by Crippen LogP contribution is 2.23. The first-order valence-electron chi connectivity index (χ1n) is 14.2. The van der Waals surface area contributed by atoms with E-state index in [0.717, 1.165) is 29.6 Å². The first-order chi connectivity index (χ1) is 21.0. The summed E-state index contributed by atoms with van der Waals surface area (Å²) in [5.74, 6) is -0.172. The third-order valence-electron chi connectivity index (χ3n) is 7.36. The van der Waals surface area contributed by atoms with Gasteiger partial charge in [-0.15, -0.1) is 11.3 Å². The van der Waals surface area contributed by atoms with E-state index in [1.165, 1.54) is 23.5 Å². The van der Waals surface area contributed by atoms with Crippen molar-refractivity contribution in [1.29, 1.82) is 0 Å². The van der Waals surface area contributed by atoms with Crippen molar-refractivity contribution >= 4 is 49.0 Å². The van der Waals surface area contributed by atoms with Gasteiger partial charge in [0.15, 0.2) is 5.13 Å². The number of aliphatic hydroxyl groups is 1. The van der Waals surface area contributed by atoms with Crippen LogP contribution in [-0.2, 0) is 23.1 Å². The van der Waals surface area contributed by atoms with Crippen LogP contribution in [0.2, 0.25) is 0 Å². The van der Waals surface area contributed by atoms with Crippen LogP contribution in [0.5, 0.6) is 0 Å². The van der Waals surface area contributed by atoms with E-state index in [2.05, 4.69) is 38.8 Å². The van der Waals surface area contributed by atoms with Crippen molar-refractivity contribution in [1.82, 2.24) is 20.2 Å². The van der Waals surface area contributed by atoms with Crippen LogP contribution in [0.4, 0.5) is 10.8 Å². The molecule has 0 aliphatic heterocycles. The third kappa shape index (κ3) is 7.83. The van der Waals surface area contributed by atoms with E-state index in [1.54, 1.807) is 42.5 Å². The number of aromatic nitrogens is 2. The molecule has 230 valence electrons. The largest absolute Gasteiger partial charge is 0.387 e. The Morgan fingerprint density at radius 3 is 2.61 bits per heavy atom. The van der Waals surface area contributed by atoms with E-state index in [-0.39, 0.29) is 16.3 Å². The lowest BCUT2D eigenvalue weighted by atomic mass is 9.99. The zero-order chi connectivity index (χ0) is 31.3. The van der Waals surface area contributed by atoms with E-state index in [0.29, 0.717) is 35.0 Å². The van der Waals surface area contributed by atoms with Gasteiger partial charge in [0.1, 0.15) is 0 Å². The van der Waals surface area contributed by atoms with Gasteiger partial charge >= 0.3 is 0 Å². The van der Waals surface area contributed by atoms with Gasteiger partial charge in [0, 0.05) is 52.4 Å². The van der Waals surface area contributed by atoms with Gasteiger partial charge in [-0.2, -0.15) is 0 Å². The number of nitrogens with zero attached hydrogens (tertiary/aromatic N) is 2. The molecule has 0 unspecified atom stereocenters. The number of hydrogen-bond acceptors (Lipinski definition) is 8. The number of nitrogen functional groups attached to an aromatic ring is 1. The van der Waals surface area contributed by atoms with Crippen molar-refractivity contribution in [3.8, 4) is 0 Å². The van der Waals surface area contributed by atoms with Gasteiger partial charge in [-0.05, 0) is 74.4 Å². The maximum atomic E-state index is 12.7. The zero-order valence-corrected chi connectivity index (χ0v) is 26.2. The highest BCUT2D eigenvalue weighted by Gasteiger charge is 2.21.